The predicted octanol–water partition coefficient (Wildman–Crippen LogP) is 1.04. The molecule has 1 rings (SSSR count). The van der Waals surface area contributed by atoms with Gasteiger partial charge < -0.3 is 15.3 Å². The molecular weight excluding hydrogens is 178 g/mol. The summed E-state index contributed by atoms with van der Waals surface area (Å²) in [5, 5.41) is 0. The van der Waals surface area contributed by atoms with Gasteiger partial charge >= 0.3 is 0 Å². The fourth-order valence-electron chi connectivity index (χ4n) is 1.05. The Balaban J connectivity index is 2.45. The summed E-state index contributed by atoms with van der Waals surface area (Å²) >= 11 is 0. The molecule has 0 spiro atoms. The molecule has 0 aromatic heterocycles. The standard InChI is InChI=1S/C11H15NO2/c1-9-2-4-10(5-3-9)8-14-11(6-12)7-13/h2-5,7,11H,6,8,12H2,1H3/t11-/m0/s1. The van der Waals surface area contributed by atoms with Crippen LogP contribution in [-0.2, 0) is 16.1 Å². The van der Waals surface area contributed by atoms with E-state index in [1.165, 1.54) is 5.56 Å². The highest BCUT2D eigenvalue weighted by molar-refractivity contribution is 5.56. The minimum absolute atomic E-state index is 0.232. The van der Waals surface area contributed by atoms with Crippen LogP contribution in [0.3, 0.4) is 0 Å². The lowest BCUT2D eigenvalue weighted by Crippen LogP contribution is -2.24. The van der Waals surface area contributed by atoms with Crippen LogP contribution in [0.25, 0.3) is 0 Å². The van der Waals surface area contributed by atoms with E-state index in [1.807, 2.05) is 31.2 Å². The quantitative estimate of drug-likeness (QED) is 0.711. The van der Waals surface area contributed by atoms with E-state index in [1.54, 1.807) is 0 Å². The Morgan fingerprint density at radius 3 is 2.57 bits per heavy atom. The van der Waals surface area contributed by atoms with Gasteiger partial charge in [0.15, 0.2) is 0 Å². The van der Waals surface area contributed by atoms with Crippen LogP contribution in [0.1, 0.15) is 11.1 Å². The van der Waals surface area contributed by atoms with Crippen LogP contribution in [-0.4, -0.2) is 18.9 Å². The summed E-state index contributed by atoms with van der Waals surface area (Å²) in [5.74, 6) is 0. The van der Waals surface area contributed by atoms with Crippen molar-refractivity contribution in [3.63, 3.8) is 0 Å². The van der Waals surface area contributed by atoms with Gasteiger partial charge in [-0.1, -0.05) is 29.8 Å². The number of aryl methyl sites for hydroxylation is 1. The summed E-state index contributed by atoms with van der Waals surface area (Å²) in [6.07, 6.45) is 0.241. The van der Waals surface area contributed by atoms with Crippen molar-refractivity contribution in [3.8, 4) is 0 Å². The number of hydrogen-bond acceptors (Lipinski definition) is 3. The third kappa shape index (κ3) is 3.28. The van der Waals surface area contributed by atoms with Gasteiger partial charge in [-0.3, -0.25) is 0 Å². The summed E-state index contributed by atoms with van der Waals surface area (Å²) in [5.41, 5.74) is 7.57. The van der Waals surface area contributed by atoms with Crippen molar-refractivity contribution in [1.82, 2.24) is 0 Å². The Kier molecular flexibility index (Phi) is 4.29. The van der Waals surface area contributed by atoms with E-state index in [-0.39, 0.29) is 6.54 Å². The van der Waals surface area contributed by atoms with E-state index in [4.69, 9.17) is 10.5 Å². The Labute approximate surface area is 83.9 Å². The SMILES string of the molecule is Cc1ccc(CO[C@H](C=O)CN)cc1. The van der Waals surface area contributed by atoms with Gasteiger partial charge in [0.1, 0.15) is 12.4 Å². The molecule has 1 aromatic rings. The highest BCUT2D eigenvalue weighted by atomic mass is 16.5. The molecule has 0 bridgehead atoms. The van der Waals surface area contributed by atoms with Crippen LogP contribution in [0.4, 0.5) is 0 Å². The van der Waals surface area contributed by atoms with Crippen molar-refractivity contribution >= 4 is 6.29 Å². The molecule has 0 saturated carbocycles. The van der Waals surface area contributed by atoms with Gasteiger partial charge in [-0.15, -0.1) is 0 Å². The first-order valence-corrected chi connectivity index (χ1v) is 4.58. The van der Waals surface area contributed by atoms with Gasteiger partial charge in [0.25, 0.3) is 0 Å². The van der Waals surface area contributed by atoms with E-state index in [9.17, 15) is 4.79 Å². The van der Waals surface area contributed by atoms with E-state index in [0.717, 1.165) is 11.8 Å². The zero-order valence-corrected chi connectivity index (χ0v) is 8.27. The molecular formula is C11H15NO2. The van der Waals surface area contributed by atoms with Crippen molar-refractivity contribution in [2.45, 2.75) is 19.6 Å². The van der Waals surface area contributed by atoms with Crippen molar-refractivity contribution in [3.05, 3.63) is 35.4 Å². The first kappa shape index (κ1) is 10.9. The van der Waals surface area contributed by atoms with E-state index < -0.39 is 6.10 Å². The maximum absolute atomic E-state index is 10.4. The number of ether oxygens (including phenoxy) is 1. The molecule has 0 aliphatic carbocycles. The topological polar surface area (TPSA) is 52.3 Å². The van der Waals surface area contributed by atoms with Crippen LogP contribution in [0.2, 0.25) is 0 Å². The Bertz CT molecular complexity index is 282. The summed E-state index contributed by atoms with van der Waals surface area (Å²) in [6.45, 7) is 2.69. The summed E-state index contributed by atoms with van der Waals surface area (Å²) in [6, 6.07) is 7.98. The molecule has 0 heterocycles. The lowest BCUT2D eigenvalue weighted by atomic mass is 10.2. The molecule has 14 heavy (non-hydrogen) atoms. The van der Waals surface area contributed by atoms with Gasteiger partial charge in [0.05, 0.1) is 6.61 Å². The third-order valence-electron chi connectivity index (χ3n) is 1.97. The summed E-state index contributed by atoms with van der Waals surface area (Å²) in [4.78, 5) is 10.4. The minimum Gasteiger partial charge on any atom is -0.365 e. The molecule has 76 valence electrons. The number of carbonyl (C=O) groups excluding carboxylic acids is 1. The van der Waals surface area contributed by atoms with Crippen molar-refractivity contribution < 1.29 is 9.53 Å². The molecule has 0 aliphatic heterocycles. The largest absolute Gasteiger partial charge is 0.365 e. The second kappa shape index (κ2) is 5.52. The van der Waals surface area contributed by atoms with E-state index in [0.29, 0.717) is 6.61 Å². The van der Waals surface area contributed by atoms with Crippen molar-refractivity contribution in [2.75, 3.05) is 6.54 Å². The third-order valence-corrected chi connectivity index (χ3v) is 1.97. The first-order valence-electron chi connectivity index (χ1n) is 4.58. The first-order chi connectivity index (χ1) is 6.76. The van der Waals surface area contributed by atoms with Crippen LogP contribution in [0.5, 0.6) is 0 Å². The zero-order chi connectivity index (χ0) is 10.4. The monoisotopic (exact) mass is 193 g/mol. The van der Waals surface area contributed by atoms with E-state index >= 15 is 0 Å². The average Bonchev–Trinajstić information content (AvgIpc) is 2.22. The molecule has 0 saturated heterocycles. The smallest absolute Gasteiger partial charge is 0.150 e. The molecule has 1 aromatic carbocycles. The van der Waals surface area contributed by atoms with Crippen molar-refractivity contribution in [2.24, 2.45) is 5.73 Å². The average molecular weight is 193 g/mol. The number of rotatable bonds is 5. The molecule has 0 unspecified atom stereocenters. The van der Waals surface area contributed by atoms with Gasteiger partial charge in [-0.05, 0) is 12.5 Å². The zero-order valence-electron chi connectivity index (χ0n) is 8.27. The second-order valence-electron chi connectivity index (χ2n) is 3.21. The second-order valence-corrected chi connectivity index (χ2v) is 3.21. The Morgan fingerprint density at radius 1 is 1.43 bits per heavy atom. The van der Waals surface area contributed by atoms with E-state index in [2.05, 4.69) is 0 Å². The lowest BCUT2D eigenvalue weighted by Gasteiger charge is -2.09. The molecule has 3 nitrogen and oxygen atoms in total. The van der Waals surface area contributed by atoms with Gasteiger partial charge in [-0.25, -0.2) is 0 Å². The lowest BCUT2D eigenvalue weighted by molar-refractivity contribution is -0.118. The highest BCUT2D eigenvalue weighted by Gasteiger charge is 2.04. The van der Waals surface area contributed by atoms with Crippen LogP contribution in [0.15, 0.2) is 24.3 Å². The molecule has 1 atom stereocenters. The molecule has 0 radical (unpaired) electrons. The predicted molar refractivity (Wildman–Crippen MR) is 54.9 cm³/mol. The number of nitrogens with two attached hydrogens (primary N) is 1. The maximum atomic E-state index is 10.4. The normalized spacial score (nSPS) is 12.4. The van der Waals surface area contributed by atoms with Crippen LogP contribution < -0.4 is 5.73 Å². The molecule has 2 N–H and O–H groups in total. The van der Waals surface area contributed by atoms with Gasteiger partial charge in [0, 0.05) is 6.54 Å². The van der Waals surface area contributed by atoms with Crippen LogP contribution in [0, 0.1) is 6.92 Å². The van der Waals surface area contributed by atoms with Gasteiger partial charge in [0.2, 0.25) is 0 Å². The maximum Gasteiger partial charge on any atom is 0.150 e. The van der Waals surface area contributed by atoms with Crippen molar-refractivity contribution in [1.29, 1.82) is 0 Å². The number of hydrogen-bond donors (Lipinski definition) is 1. The van der Waals surface area contributed by atoms with Gasteiger partial charge in [-0.2, -0.15) is 0 Å². The highest BCUT2D eigenvalue weighted by Crippen LogP contribution is 2.05. The number of carbonyl (C=O) groups is 1. The molecule has 0 aliphatic rings. The molecule has 0 fully saturated rings. The summed E-state index contributed by atoms with van der Waals surface area (Å²) in [7, 11) is 0. The van der Waals surface area contributed by atoms with Crippen LogP contribution >= 0.6 is 0 Å². The molecule has 3 heteroatoms. The Morgan fingerprint density at radius 2 is 2.07 bits per heavy atom. The fraction of sp³-hybridized carbons (Fsp3) is 0.364. The number of aldehydes is 1. The minimum atomic E-state index is -0.490. The molecule has 0 amide bonds. The fourth-order valence-corrected chi connectivity index (χ4v) is 1.05. The Hall–Kier alpha value is -1.19. The number of benzene rings is 1. The summed E-state index contributed by atoms with van der Waals surface area (Å²) < 4.78 is 5.27.